The van der Waals surface area contributed by atoms with E-state index in [1.807, 2.05) is 18.2 Å². The molecule has 0 fully saturated rings. The fraction of sp³-hybridized carbons (Fsp3) is 0.438. The van der Waals surface area contributed by atoms with Crippen molar-refractivity contribution in [2.45, 2.75) is 18.9 Å². The lowest BCUT2D eigenvalue weighted by Crippen LogP contribution is -2.42. The van der Waals surface area contributed by atoms with E-state index < -0.39 is 0 Å². The molecule has 1 aromatic rings. The zero-order valence-electron chi connectivity index (χ0n) is 11.8. The van der Waals surface area contributed by atoms with Crippen molar-refractivity contribution in [1.82, 2.24) is 10.2 Å². The second-order valence-corrected chi connectivity index (χ2v) is 5.48. The summed E-state index contributed by atoms with van der Waals surface area (Å²) in [7, 11) is 2.07. The number of hydrogen-bond acceptors (Lipinski definition) is 3. The molecule has 1 atom stereocenters. The van der Waals surface area contributed by atoms with Crippen LogP contribution in [0.3, 0.4) is 0 Å². The van der Waals surface area contributed by atoms with Gasteiger partial charge in [0.25, 0.3) is 5.91 Å². The summed E-state index contributed by atoms with van der Waals surface area (Å²) >= 11 is 0. The zero-order chi connectivity index (χ0) is 14.1. The Bertz CT molecular complexity index is 554. The number of likely N-dealkylation sites (N-methyl/N-ethyl adjacent to an activating group) is 1. The van der Waals surface area contributed by atoms with Crippen LogP contribution in [0.2, 0.25) is 0 Å². The summed E-state index contributed by atoms with van der Waals surface area (Å²) in [5, 5.41) is 2.93. The topological polar surface area (TPSA) is 41.6 Å². The van der Waals surface area contributed by atoms with Crippen LogP contribution in [0.25, 0.3) is 0 Å². The molecule has 106 valence electrons. The Balaban J connectivity index is 1.95. The SMILES string of the molecule is C=CCN(C)C1COc2ccc3c(c2C1)C(=O)NCC3. The summed E-state index contributed by atoms with van der Waals surface area (Å²) in [4.78, 5) is 14.4. The van der Waals surface area contributed by atoms with Gasteiger partial charge in [0.1, 0.15) is 12.4 Å². The molecule has 1 unspecified atom stereocenters. The van der Waals surface area contributed by atoms with Crippen LogP contribution in [0.4, 0.5) is 0 Å². The molecule has 1 amide bonds. The maximum absolute atomic E-state index is 12.2. The molecule has 2 heterocycles. The van der Waals surface area contributed by atoms with Crippen molar-refractivity contribution in [2.24, 2.45) is 0 Å². The second-order valence-electron chi connectivity index (χ2n) is 5.48. The zero-order valence-corrected chi connectivity index (χ0v) is 11.8. The average molecular weight is 272 g/mol. The minimum absolute atomic E-state index is 0.0405. The number of carbonyl (C=O) groups excluding carboxylic acids is 1. The Morgan fingerprint density at radius 2 is 2.40 bits per heavy atom. The standard InChI is InChI=1S/C16H20N2O2/c1-3-8-18(2)12-9-13-14(20-10-12)5-4-11-6-7-17-16(19)15(11)13/h3-5,12H,1,6-10H2,2H3,(H,17,19). The first-order valence-corrected chi connectivity index (χ1v) is 7.07. The highest BCUT2D eigenvalue weighted by Crippen LogP contribution is 2.32. The Labute approximate surface area is 119 Å². The maximum atomic E-state index is 12.2. The number of ether oxygens (including phenoxy) is 1. The van der Waals surface area contributed by atoms with Crippen LogP contribution in [0.5, 0.6) is 5.75 Å². The minimum Gasteiger partial charge on any atom is -0.492 e. The molecule has 0 bridgehead atoms. The average Bonchev–Trinajstić information content (AvgIpc) is 2.46. The van der Waals surface area contributed by atoms with E-state index in [0.717, 1.165) is 48.4 Å². The van der Waals surface area contributed by atoms with E-state index in [4.69, 9.17) is 4.74 Å². The summed E-state index contributed by atoms with van der Waals surface area (Å²) in [5.41, 5.74) is 3.04. The molecule has 4 nitrogen and oxygen atoms in total. The molecule has 0 aromatic heterocycles. The van der Waals surface area contributed by atoms with E-state index in [1.54, 1.807) is 0 Å². The van der Waals surface area contributed by atoms with Crippen molar-refractivity contribution in [1.29, 1.82) is 0 Å². The lowest BCUT2D eigenvalue weighted by Gasteiger charge is -2.34. The van der Waals surface area contributed by atoms with E-state index in [-0.39, 0.29) is 5.91 Å². The number of amides is 1. The Kier molecular flexibility index (Phi) is 3.49. The monoisotopic (exact) mass is 272 g/mol. The lowest BCUT2D eigenvalue weighted by atomic mass is 9.89. The summed E-state index contributed by atoms with van der Waals surface area (Å²) in [6.45, 7) is 5.99. The molecule has 2 aliphatic rings. The first-order chi connectivity index (χ1) is 9.70. The third-order valence-corrected chi connectivity index (χ3v) is 4.17. The number of nitrogens with zero attached hydrogens (tertiary/aromatic N) is 1. The second kappa shape index (κ2) is 5.29. The Morgan fingerprint density at radius 3 is 3.20 bits per heavy atom. The van der Waals surface area contributed by atoms with Gasteiger partial charge in [0.2, 0.25) is 0 Å². The van der Waals surface area contributed by atoms with Crippen LogP contribution in [0.15, 0.2) is 24.8 Å². The van der Waals surface area contributed by atoms with Gasteiger partial charge in [-0.2, -0.15) is 0 Å². The van der Waals surface area contributed by atoms with E-state index in [9.17, 15) is 4.79 Å². The van der Waals surface area contributed by atoms with Crippen LogP contribution >= 0.6 is 0 Å². The van der Waals surface area contributed by atoms with Gasteiger partial charge in [-0.3, -0.25) is 9.69 Å². The molecular formula is C16H20N2O2. The molecule has 20 heavy (non-hydrogen) atoms. The predicted octanol–water partition coefficient (Wildman–Crippen LogP) is 1.39. The smallest absolute Gasteiger partial charge is 0.251 e. The van der Waals surface area contributed by atoms with Gasteiger partial charge in [-0.05, 0) is 31.5 Å². The van der Waals surface area contributed by atoms with Gasteiger partial charge in [-0.25, -0.2) is 0 Å². The van der Waals surface area contributed by atoms with Crippen LogP contribution < -0.4 is 10.1 Å². The number of nitrogens with one attached hydrogen (secondary N) is 1. The molecule has 1 aromatic carbocycles. The fourth-order valence-corrected chi connectivity index (χ4v) is 3.02. The normalized spacial score (nSPS) is 20.7. The predicted molar refractivity (Wildman–Crippen MR) is 78.3 cm³/mol. The number of fused-ring (bicyclic) bond motifs is 3. The molecule has 0 spiro atoms. The highest BCUT2D eigenvalue weighted by atomic mass is 16.5. The van der Waals surface area contributed by atoms with E-state index in [0.29, 0.717) is 12.6 Å². The third kappa shape index (κ3) is 2.20. The first kappa shape index (κ1) is 13.2. The Morgan fingerprint density at radius 1 is 1.55 bits per heavy atom. The molecule has 0 aliphatic carbocycles. The van der Waals surface area contributed by atoms with Gasteiger partial charge in [0.15, 0.2) is 0 Å². The molecule has 1 N–H and O–H groups in total. The Hall–Kier alpha value is -1.81. The third-order valence-electron chi connectivity index (χ3n) is 4.17. The van der Waals surface area contributed by atoms with Crippen molar-refractivity contribution < 1.29 is 9.53 Å². The van der Waals surface area contributed by atoms with Crippen LogP contribution in [-0.2, 0) is 12.8 Å². The summed E-state index contributed by atoms with van der Waals surface area (Å²) in [6, 6.07) is 4.33. The number of benzene rings is 1. The molecule has 0 saturated carbocycles. The minimum atomic E-state index is 0.0405. The van der Waals surface area contributed by atoms with E-state index in [1.165, 1.54) is 0 Å². The first-order valence-electron chi connectivity index (χ1n) is 7.07. The summed E-state index contributed by atoms with van der Waals surface area (Å²) in [6.07, 6.45) is 3.65. The van der Waals surface area contributed by atoms with Crippen molar-refractivity contribution in [3.8, 4) is 5.75 Å². The van der Waals surface area contributed by atoms with Gasteiger partial charge in [0.05, 0.1) is 0 Å². The van der Waals surface area contributed by atoms with Crippen LogP contribution in [-0.4, -0.2) is 43.6 Å². The van der Waals surface area contributed by atoms with Gasteiger partial charge in [-0.15, -0.1) is 6.58 Å². The number of carbonyl (C=O) groups is 1. The molecular weight excluding hydrogens is 252 g/mol. The lowest BCUT2D eigenvalue weighted by molar-refractivity contribution is 0.0940. The largest absolute Gasteiger partial charge is 0.492 e. The van der Waals surface area contributed by atoms with E-state index in [2.05, 4.69) is 23.8 Å². The van der Waals surface area contributed by atoms with Crippen molar-refractivity contribution >= 4 is 5.91 Å². The van der Waals surface area contributed by atoms with Crippen molar-refractivity contribution in [2.75, 3.05) is 26.7 Å². The van der Waals surface area contributed by atoms with E-state index >= 15 is 0 Å². The molecule has 3 rings (SSSR count). The van der Waals surface area contributed by atoms with Gasteiger partial charge < -0.3 is 10.1 Å². The van der Waals surface area contributed by atoms with Crippen molar-refractivity contribution in [3.05, 3.63) is 41.5 Å². The molecule has 0 saturated heterocycles. The molecule has 0 radical (unpaired) electrons. The van der Waals surface area contributed by atoms with Crippen LogP contribution in [0.1, 0.15) is 21.5 Å². The van der Waals surface area contributed by atoms with Gasteiger partial charge in [-0.1, -0.05) is 12.1 Å². The van der Waals surface area contributed by atoms with Crippen LogP contribution in [0, 0.1) is 0 Å². The maximum Gasteiger partial charge on any atom is 0.251 e. The summed E-state index contributed by atoms with van der Waals surface area (Å²) in [5.74, 6) is 0.905. The quantitative estimate of drug-likeness (QED) is 0.846. The van der Waals surface area contributed by atoms with Gasteiger partial charge in [0, 0.05) is 30.3 Å². The summed E-state index contributed by atoms with van der Waals surface area (Å²) < 4.78 is 5.86. The highest BCUT2D eigenvalue weighted by Gasteiger charge is 2.29. The molecule has 2 aliphatic heterocycles. The fourth-order valence-electron chi connectivity index (χ4n) is 3.02. The van der Waals surface area contributed by atoms with Gasteiger partial charge >= 0.3 is 0 Å². The number of hydrogen-bond donors (Lipinski definition) is 1. The highest BCUT2D eigenvalue weighted by molar-refractivity contribution is 5.99. The van der Waals surface area contributed by atoms with Crippen molar-refractivity contribution in [3.63, 3.8) is 0 Å². The molecule has 4 heteroatoms. The number of rotatable bonds is 3.